The van der Waals surface area contributed by atoms with E-state index in [1.165, 1.54) is 24.3 Å². The molecule has 1 rings (SSSR count). The number of hydrogen-bond acceptors (Lipinski definition) is 2. The van der Waals surface area contributed by atoms with Gasteiger partial charge >= 0.3 is 5.97 Å². The van der Waals surface area contributed by atoms with Crippen molar-refractivity contribution in [1.82, 2.24) is 0 Å². The Bertz CT molecular complexity index is 424. The van der Waals surface area contributed by atoms with Gasteiger partial charge < -0.3 is 9.84 Å². The quantitative estimate of drug-likeness (QED) is 0.615. The number of halogens is 1. The van der Waals surface area contributed by atoms with E-state index in [0.717, 1.165) is 6.08 Å². The summed E-state index contributed by atoms with van der Waals surface area (Å²) in [6.45, 7) is 3.67. The molecule has 0 bridgehead atoms. The summed E-state index contributed by atoms with van der Waals surface area (Å²) in [4.78, 5) is 10.2. The lowest BCUT2D eigenvalue weighted by atomic mass is 10.2. The van der Waals surface area contributed by atoms with Gasteiger partial charge in [-0.3, -0.25) is 0 Å². The Morgan fingerprint density at radius 1 is 1.56 bits per heavy atom. The van der Waals surface area contributed by atoms with Crippen LogP contribution in [0.1, 0.15) is 5.56 Å². The first-order valence-electron chi connectivity index (χ1n) is 4.57. The second-order valence-electron chi connectivity index (χ2n) is 2.96. The summed E-state index contributed by atoms with van der Waals surface area (Å²) in [7, 11) is 0. The molecule has 1 aromatic rings. The van der Waals surface area contributed by atoms with Crippen LogP contribution in [0.5, 0.6) is 5.75 Å². The molecule has 0 saturated carbocycles. The van der Waals surface area contributed by atoms with E-state index in [4.69, 9.17) is 9.84 Å². The highest BCUT2D eigenvalue weighted by Gasteiger charge is 2.02. The summed E-state index contributed by atoms with van der Waals surface area (Å²) >= 11 is 0. The van der Waals surface area contributed by atoms with E-state index < -0.39 is 11.8 Å². The largest absolute Gasteiger partial charge is 0.486 e. The molecule has 4 heteroatoms. The van der Waals surface area contributed by atoms with Gasteiger partial charge in [0.05, 0.1) is 0 Å². The maximum Gasteiger partial charge on any atom is 0.328 e. The van der Waals surface area contributed by atoms with E-state index >= 15 is 0 Å². The van der Waals surface area contributed by atoms with Crippen molar-refractivity contribution in [3.8, 4) is 5.75 Å². The molecular weight excluding hydrogens is 211 g/mol. The van der Waals surface area contributed by atoms with Crippen molar-refractivity contribution in [3.63, 3.8) is 0 Å². The number of carboxylic acids is 1. The molecular formula is C12H11FO3. The number of carbonyl (C=O) groups is 1. The summed E-state index contributed by atoms with van der Waals surface area (Å²) in [5.41, 5.74) is 0.464. The normalized spacial score (nSPS) is 10.3. The first-order valence-corrected chi connectivity index (χ1v) is 4.57. The molecule has 0 saturated heterocycles. The molecule has 0 amide bonds. The highest BCUT2D eigenvalue weighted by molar-refractivity contribution is 5.85. The van der Waals surface area contributed by atoms with Crippen LogP contribution in [0, 0.1) is 5.82 Å². The fourth-order valence-corrected chi connectivity index (χ4v) is 1.05. The fourth-order valence-electron chi connectivity index (χ4n) is 1.05. The minimum Gasteiger partial charge on any atom is -0.486 e. The van der Waals surface area contributed by atoms with Crippen molar-refractivity contribution in [2.24, 2.45) is 0 Å². The molecule has 0 aliphatic rings. The third-order valence-electron chi connectivity index (χ3n) is 1.73. The van der Waals surface area contributed by atoms with E-state index in [2.05, 4.69) is 6.58 Å². The van der Waals surface area contributed by atoms with Gasteiger partial charge in [-0.05, 0) is 23.8 Å². The summed E-state index contributed by atoms with van der Waals surface area (Å²) in [5, 5.41) is 8.40. The number of benzene rings is 1. The summed E-state index contributed by atoms with van der Waals surface area (Å²) < 4.78 is 18.4. The lowest BCUT2D eigenvalue weighted by molar-refractivity contribution is -0.131. The Morgan fingerprint density at radius 3 is 2.88 bits per heavy atom. The molecule has 0 fully saturated rings. The molecule has 3 nitrogen and oxygen atoms in total. The van der Waals surface area contributed by atoms with Gasteiger partial charge in [0.1, 0.15) is 6.61 Å². The number of carboxylic acid groups (broad SMARTS) is 1. The smallest absolute Gasteiger partial charge is 0.328 e. The predicted molar refractivity (Wildman–Crippen MR) is 58.8 cm³/mol. The van der Waals surface area contributed by atoms with Crippen LogP contribution in [0.25, 0.3) is 6.08 Å². The second kappa shape index (κ2) is 5.70. The third-order valence-corrected chi connectivity index (χ3v) is 1.73. The first kappa shape index (κ1) is 12.0. The Hall–Kier alpha value is -2.10. The number of rotatable bonds is 5. The van der Waals surface area contributed by atoms with E-state index in [0.29, 0.717) is 5.56 Å². The van der Waals surface area contributed by atoms with Crippen molar-refractivity contribution in [3.05, 3.63) is 48.3 Å². The zero-order chi connectivity index (χ0) is 12.0. The average Bonchev–Trinajstić information content (AvgIpc) is 2.25. The van der Waals surface area contributed by atoms with Crippen molar-refractivity contribution in [1.29, 1.82) is 0 Å². The molecule has 0 unspecified atom stereocenters. The third kappa shape index (κ3) is 3.57. The average molecular weight is 222 g/mol. The van der Waals surface area contributed by atoms with Crippen LogP contribution in [0.15, 0.2) is 36.9 Å². The molecule has 84 valence electrons. The highest BCUT2D eigenvalue weighted by Crippen LogP contribution is 2.19. The molecule has 0 aliphatic heterocycles. The van der Waals surface area contributed by atoms with Gasteiger partial charge in [0.15, 0.2) is 11.6 Å². The van der Waals surface area contributed by atoms with Crippen LogP contribution >= 0.6 is 0 Å². The Kier molecular flexibility index (Phi) is 4.27. The molecule has 0 aliphatic carbocycles. The maximum absolute atomic E-state index is 13.4. The fraction of sp³-hybridized carbons (Fsp3) is 0.0833. The van der Waals surface area contributed by atoms with E-state index in [9.17, 15) is 9.18 Å². The Balaban J connectivity index is 2.82. The van der Waals surface area contributed by atoms with Gasteiger partial charge in [0.2, 0.25) is 0 Å². The first-order chi connectivity index (χ1) is 7.63. The van der Waals surface area contributed by atoms with Crippen LogP contribution in [0.2, 0.25) is 0 Å². The molecule has 0 atom stereocenters. The zero-order valence-electron chi connectivity index (χ0n) is 8.52. The predicted octanol–water partition coefficient (Wildman–Crippen LogP) is 2.49. The summed E-state index contributed by atoms with van der Waals surface area (Å²) in [6, 6.07) is 4.22. The van der Waals surface area contributed by atoms with E-state index in [1.807, 2.05) is 0 Å². The monoisotopic (exact) mass is 222 g/mol. The minimum absolute atomic E-state index is 0.118. The molecule has 0 aromatic heterocycles. The van der Waals surface area contributed by atoms with Crippen LogP contribution in [-0.2, 0) is 4.79 Å². The summed E-state index contributed by atoms with van der Waals surface area (Å²) in [5.74, 6) is -1.49. The number of ether oxygens (including phenoxy) is 1. The van der Waals surface area contributed by atoms with Gasteiger partial charge in [-0.2, -0.15) is 0 Å². The SMILES string of the molecule is C=CCOc1ccc(C=CC(=O)O)cc1F. The van der Waals surface area contributed by atoms with Crippen LogP contribution < -0.4 is 4.74 Å². The van der Waals surface area contributed by atoms with Gasteiger partial charge in [0.25, 0.3) is 0 Å². The van der Waals surface area contributed by atoms with Crippen molar-refractivity contribution < 1.29 is 19.0 Å². The molecule has 0 radical (unpaired) electrons. The lowest BCUT2D eigenvalue weighted by Crippen LogP contribution is -1.95. The van der Waals surface area contributed by atoms with Gasteiger partial charge in [-0.1, -0.05) is 18.7 Å². The lowest BCUT2D eigenvalue weighted by Gasteiger charge is -2.04. The Labute approximate surface area is 92.5 Å². The van der Waals surface area contributed by atoms with E-state index in [-0.39, 0.29) is 12.4 Å². The van der Waals surface area contributed by atoms with Gasteiger partial charge in [-0.15, -0.1) is 0 Å². The maximum atomic E-state index is 13.4. The number of aliphatic carboxylic acids is 1. The molecule has 0 heterocycles. The minimum atomic E-state index is -1.08. The van der Waals surface area contributed by atoms with E-state index in [1.54, 1.807) is 6.07 Å². The Morgan fingerprint density at radius 2 is 2.31 bits per heavy atom. The van der Waals surface area contributed by atoms with Gasteiger partial charge in [0, 0.05) is 6.08 Å². The molecule has 0 spiro atoms. The standard InChI is InChI=1S/C12H11FO3/c1-2-7-16-11-5-3-9(8-10(11)13)4-6-12(14)15/h2-6,8H,1,7H2,(H,14,15). The topological polar surface area (TPSA) is 46.5 Å². The summed E-state index contributed by atoms with van der Waals surface area (Å²) in [6.07, 6.45) is 3.76. The molecule has 1 aromatic carbocycles. The highest BCUT2D eigenvalue weighted by atomic mass is 19.1. The zero-order valence-corrected chi connectivity index (χ0v) is 8.52. The van der Waals surface area contributed by atoms with Crippen LogP contribution in [-0.4, -0.2) is 17.7 Å². The van der Waals surface area contributed by atoms with Crippen molar-refractivity contribution in [2.45, 2.75) is 0 Å². The van der Waals surface area contributed by atoms with Crippen molar-refractivity contribution in [2.75, 3.05) is 6.61 Å². The molecule has 16 heavy (non-hydrogen) atoms. The molecule has 1 N–H and O–H groups in total. The van der Waals surface area contributed by atoms with Crippen LogP contribution in [0.3, 0.4) is 0 Å². The number of hydrogen-bond donors (Lipinski definition) is 1. The van der Waals surface area contributed by atoms with Crippen LogP contribution in [0.4, 0.5) is 4.39 Å². The van der Waals surface area contributed by atoms with Gasteiger partial charge in [-0.25, -0.2) is 9.18 Å². The van der Waals surface area contributed by atoms with Crippen molar-refractivity contribution >= 4 is 12.0 Å². The second-order valence-corrected chi connectivity index (χ2v) is 2.96.